The van der Waals surface area contributed by atoms with Crippen molar-refractivity contribution in [3.63, 3.8) is 0 Å². The van der Waals surface area contributed by atoms with Gasteiger partial charge in [0.1, 0.15) is 30.7 Å². The SMILES string of the molecule is C/C=C\c1c(C)ncnc1C.C[C@@H]1O[C@H]([C@H](O)c2cccc(C(F)(F)F)c2)[C@@H](O)[C@H]1O. The molecule has 9 heteroatoms. The summed E-state index contributed by atoms with van der Waals surface area (Å²) in [6.07, 6.45) is -4.74. The molecule has 5 atom stereocenters. The molecule has 0 unspecified atom stereocenters. The van der Waals surface area contributed by atoms with Crippen LogP contribution in [0.1, 0.15) is 48.0 Å². The Bertz CT molecular complexity index is 884. The first-order valence-corrected chi connectivity index (χ1v) is 9.75. The Morgan fingerprint density at radius 3 is 2.19 bits per heavy atom. The van der Waals surface area contributed by atoms with Crippen molar-refractivity contribution in [1.82, 2.24) is 9.97 Å². The zero-order valence-corrected chi connectivity index (χ0v) is 17.7. The van der Waals surface area contributed by atoms with Gasteiger partial charge in [-0.1, -0.05) is 24.3 Å². The zero-order chi connectivity index (χ0) is 23.3. The minimum Gasteiger partial charge on any atom is -0.388 e. The van der Waals surface area contributed by atoms with E-state index in [1.54, 1.807) is 6.33 Å². The van der Waals surface area contributed by atoms with Crippen molar-refractivity contribution in [3.05, 3.63) is 64.7 Å². The number of aromatic nitrogens is 2. The number of halogens is 3. The zero-order valence-electron chi connectivity index (χ0n) is 17.7. The molecule has 2 aromatic rings. The number of benzene rings is 1. The summed E-state index contributed by atoms with van der Waals surface area (Å²) in [7, 11) is 0. The summed E-state index contributed by atoms with van der Waals surface area (Å²) in [5.41, 5.74) is 2.29. The summed E-state index contributed by atoms with van der Waals surface area (Å²) in [6, 6.07) is 4.17. The second-order valence-corrected chi connectivity index (χ2v) is 7.31. The normalized spacial score (nSPS) is 24.7. The molecular formula is C22H27F3N2O4. The minimum atomic E-state index is -4.52. The van der Waals surface area contributed by atoms with Crippen molar-refractivity contribution in [2.24, 2.45) is 0 Å². The maximum atomic E-state index is 12.6. The third-order valence-corrected chi connectivity index (χ3v) is 5.02. The largest absolute Gasteiger partial charge is 0.416 e. The standard InChI is InChI=1S/C13H15F3O4.C9H12N2/c1-6-9(17)11(19)12(20-6)10(18)7-3-2-4-8(5-7)13(14,15)16;1-4-5-9-7(2)10-6-11-8(9)3/h2-6,9-12,17-19H,1H3;4-6H,1-3H3/b;5-4-/t6-,9-,10+,11-,12+;/m0./s1. The highest BCUT2D eigenvalue weighted by Crippen LogP contribution is 2.34. The second-order valence-electron chi connectivity index (χ2n) is 7.31. The Morgan fingerprint density at radius 1 is 1.10 bits per heavy atom. The van der Waals surface area contributed by atoms with Crippen LogP contribution in [-0.2, 0) is 10.9 Å². The van der Waals surface area contributed by atoms with Crippen molar-refractivity contribution in [2.45, 2.75) is 64.4 Å². The van der Waals surface area contributed by atoms with Crippen LogP contribution in [0.25, 0.3) is 6.08 Å². The highest BCUT2D eigenvalue weighted by atomic mass is 19.4. The number of allylic oxidation sites excluding steroid dienone is 1. The van der Waals surface area contributed by atoms with Gasteiger partial charge in [-0.2, -0.15) is 13.2 Å². The average Bonchev–Trinajstić information content (AvgIpc) is 2.97. The Balaban J connectivity index is 0.000000262. The topological polar surface area (TPSA) is 95.7 Å². The lowest BCUT2D eigenvalue weighted by atomic mass is 9.97. The van der Waals surface area contributed by atoms with Crippen LogP contribution < -0.4 is 0 Å². The smallest absolute Gasteiger partial charge is 0.388 e. The Labute approximate surface area is 179 Å². The molecule has 6 nitrogen and oxygen atoms in total. The van der Waals surface area contributed by atoms with Crippen molar-refractivity contribution in [2.75, 3.05) is 0 Å². The van der Waals surface area contributed by atoms with Gasteiger partial charge < -0.3 is 20.1 Å². The lowest BCUT2D eigenvalue weighted by molar-refractivity contribution is -0.137. The molecule has 1 aliphatic rings. The molecule has 0 saturated carbocycles. The predicted molar refractivity (Wildman–Crippen MR) is 109 cm³/mol. The van der Waals surface area contributed by atoms with E-state index in [0.717, 1.165) is 29.1 Å². The quantitative estimate of drug-likeness (QED) is 0.677. The number of hydrogen-bond donors (Lipinski definition) is 3. The molecule has 2 heterocycles. The maximum Gasteiger partial charge on any atom is 0.416 e. The Hall–Kier alpha value is -2.33. The summed E-state index contributed by atoms with van der Waals surface area (Å²) < 4.78 is 43.0. The van der Waals surface area contributed by atoms with Crippen molar-refractivity contribution >= 4 is 6.08 Å². The van der Waals surface area contributed by atoms with Gasteiger partial charge in [-0.25, -0.2) is 9.97 Å². The van der Waals surface area contributed by atoms with Crippen LogP contribution in [0.5, 0.6) is 0 Å². The van der Waals surface area contributed by atoms with E-state index in [1.165, 1.54) is 19.1 Å². The van der Waals surface area contributed by atoms with Crippen LogP contribution in [0.15, 0.2) is 36.7 Å². The summed E-state index contributed by atoms with van der Waals surface area (Å²) in [6.45, 7) is 7.48. The lowest BCUT2D eigenvalue weighted by Crippen LogP contribution is -2.35. The van der Waals surface area contributed by atoms with E-state index in [0.29, 0.717) is 0 Å². The maximum absolute atomic E-state index is 12.6. The minimum absolute atomic E-state index is 0.0230. The summed E-state index contributed by atoms with van der Waals surface area (Å²) in [4.78, 5) is 8.19. The van der Waals surface area contributed by atoms with Crippen LogP contribution in [0.3, 0.4) is 0 Å². The molecule has 1 aromatic heterocycles. The first-order valence-electron chi connectivity index (χ1n) is 9.75. The number of ether oxygens (including phenoxy) is 1. The van der Waals surface area contributed by atoms with Gasteiger partial charge in [0, 0.05) is 17.0 Å². The Kier molecular flexibility index (Phi) is 8.30. The van der Waals surface area contributed by atoms with E-state index in [9.17, 15) is 28.5 Å². The second kappa shape index (κ2) is 10.3. The van der Waals surface area contributed by atoms with Crippen molar-refractivity contribution < 1.29 is 33.2 Å². The fourth-order valence-electron chi connectivity index (χ4n) is 3.24. The first kappa shape index (κ1) is 24.9. The van der Waals surface area contributed by atoms with Gasteiger partial charge >= 0.3 is 6.18 Å². The fraction of sp³-hybridized carbons (Fsp3) is 0.455. The number of rotatable bonds is 3. The molecule has 1 fully saturated rings. The van der Waals surface area contributed by atoms with Crippen LogP contribution in [0.2, 0.25) is 0 Å². The Morgan fingerprint density at radius 2 is 1.71 bits per heavy atom. The van der Waals surface area contributed by atoms with Crippen LogP contribution in [-0.4, -0.2) is 49.7 Å². The molecule has 1 aromatic carbocycles. The fourth-order valence-corrected chi connectivity index (χ4v) is 3.24. The number of aryl methyl sites for hydroxylation is 2. The molecule has 3 N–H and O–H groups in total. The monoisotopic (exact) mass is 440 g/mol. The van der Waals surface area contributed by atoms with Gasteiger partial charge in [-0.15, -0.1) is 0 Å². The van der Waals surface area contributed by atoms with Crippen LogP contribution >= 0.6 is 0 Å². The van der Waals surface area contributed by atoms with Gasteiger partial charge in [-0.05, 0) is 45.4 Å². The van der Waals surface area contributed by atoms with E-state index in [4.69, 9.17) is 4.74 Å². The molecule has 0 radical (unpaired) electrons. The highest BCUT2D eigenvalue weighted by Gasteiger charge is 2.44. The molecule has 31 heavy (non-hydrogen) atoms. The van der Waals surface area contributed by atoms with Gasteiger partial charge in [0.15, 0.2) is 0 Å². The number of nitrogens with zero attached hydrogens (tertiary/aromatic N) is 2. The van der Waals surface area contributed by atoms with Crippen molar-refractivity contribution in [3.8, 4) is 0 Å². The van der Waals surface area contributed by atoms with E-state index in [-0.39, 0.29) is 5.56 Å². The summed E-state index contributed by atoms with van der Waals surface area (Å²) in [5, 5.41) is 29.3. The molecule has 170 valence electrons. The van der Waals surface area contributed by atoms with E-state index in [1.807, 2.05) is 32.9 Å². The number of alkyl halides is 3. The number of aliphatic hydroxyl groups excluding tert-OH is 3. The van der Waals surface area contributed by atoms with Gasteiger partial charge in [0.2, 0.25) is 0 Å². The number of hydrogen-bond acceptors (Lipinski definition) is 6. The van der Waals surface area contributed by atoms with E-state index >= 15 is 0 Å². The van der Waals surface area contributed by atoms with Gasteiger partial charge in [0.05, 0.1) is 11.7 Å². The molecule has 0 amide bonds. The molecule has 0 bridgehead atoms. The van der Waals surface area contributed by atoms with E-state index in [2.05, 4.69) is 9.97 Å². The molecule has 3 rings (SSSR count). The predicted octanol–water partition coefficient (Wildman–Crippen LogP) is 3.37. The first-order chi connectivity index (χ1) is 14.5. The summed E-state index contributed by atoms with van der Waals surface area (Å²) in [5.74, 6) is 0. The molecule has 0 spiro atoms. The van der Waals surface area contributed by atoms with Crippen molar-refractivity contribution in [1.29, 1.82) is 0 Å². The molecule has 0 aliphatic carbocycles. The molecule has 1 aliphatic heterocycles. The third kappa shape index (κ3) is 6.10. The molecular weight excluding hydrogens is 413 g/mol. The van der Waals surface area contributed by atoms with Gasteiger partial charge in [0.25, 0.3) is 0 Å². The third-order valence-electron chi connectivity index (χ3n) is 5.02. The van der Waals surface area contributed by atoms with Gasteiger partial charge in [-0.3, -0.25) is 0 Å². The number of aliphatic hydroxyl groups is 3. The van der Waals surface area contributed by atoms with Crippen LogP contribution in [0, 0.1) is 13.8 Å². The van der Waals surface area contributed by atoms with E-state index < -0.39 is 42.3 Å². The highest BCUT2D eigenvalue weighted by molar-refractivity contribution is 5.53. The molecule has 1 saturated heterocycles. The summed E-state index contributed by atoms with van der Waals surface area (Å²) >= 11 is 0. The lowest BCUT2D eigenvalue weighted by Gasteiger charge is -2.22. The van der Waals surface area contributed by atoms with Crippen LogP contribution in [0.4, 0.5) is 13.2 Å². The average molecular weight is 440 g/mol.